The van der Waals surface area contributed by atoms with Gasteiger partial charge in [-0.05, 0) is 43.4 Å². The summed E-state index contributed by atoms with van der Waals surface area (Å²) in [6.45, 7) is 10.6. The molecule has 0 saturated carbocycles. The number of hydrogen-bond donors (Lipinski definition) is 1. The topological polar surface area (TPSA) is 49.4 Å². The third-order valence-corrected chi connectivity index (χ3v) is 4.64. The number of hydrogen-bond acceptors (Lipinski definition) is 2. The van der Waals surface area contributed by atoms with E-state index in [0.29, 0.717) is 12.5 Å². The molecule has 2 aromatic carbocycles. The molecule has 0 aromatic heterocycles. The van der Waals surface area contributed by atoms with Gasteiger partial charge in [0.2, 0.25) is 11.8 Å². The minimum absolute atomic E-state index is 0.0233. The van der Waals surface area contributed by atoms with Crippen LogP contribution in [-0.2, 0) is 16.1 Å². The molecule has 2 rings (SSSR count). The van der Waals surface area contributed by atoms with E-state index in [9.17, 15) is 9.59 Å². The van der Waals surface area contributed by atoms with Gasteiger partial charge in [0, 0.05) is 18.3 Å². The first-order chi connectivity index (χ1) is 12.8. The number of carbonyl (C=O) groups excluding carboxylic acids is 2. The van der Waals surface area contributed by atoms with Crippen LogP contribution >= 0.6 is 0 Å². The summed E-state index contributed by atoms with van der Waals surface area (Å²) in [6.07, 6.45) is -0.156. The van der Waals surface area contributed by atoms with E-state index in [-0.39, 0.29) is 24.3 Å². The Bertz CT molecular complexity index is 782. The molecule has 4 nitrogen and oxygen atoms in total. The van der Waals surface area contributed by atoms with E-state index in [1.54, 1.807) is 4.90 Å². The van der Waals surface area contributed by atoms with E-state index in [4.69, 9.17) is 0 Å². The van der Waals surface area contributed by atoms with Crippen LogP contribution in [0.4, 0.5) is 5.69 Å². The first kappa shape index (κ1) is 20.7. The van der Waals surface area contributed by atoms with Crippen molar-refractivity contribution in [1.29, 1.82) is 0 Å². The van der Waals surface area contributed by atoms with E-state index in [0.717, 1.165) is 22.4 Å². The molecule has 0 atom stereocenters. The molecule has 144 valence electrons. The Kier molecular flexibility index (Phi) is 7.17. The number of nitrogens with one attached hydrogen (secondary N) is 1. The molecule has 0 fully saturated rings. The number of nitrogens with zero attached hydrogens (tertiary/aromatic N) is 1. The van der Waals surface area contributed by atoms with Crippen LogP contribution in [0.2, 0.25) is 0 Å². The van der Waals surface area contributed by atoms with Gasteiger partial charge in [-0.15, -0.1) is 0 Å². The maximum absolute atomic E-state index is 12.8. The summed E-state index contributed by atoms with van der Waals surface area (Å²) in [5, 5.41) is 2.96. The number of carbonyl (C=O) groups is 2. The number of anilines is 1. The lowest BCUT2D eigenvalue weighted by Crippen LogP contribution is -2.38. The standard InChI is InChI=1S/C23H30N2O2/c1-16(2)20-13-9-10-18(5)23(20)24-21(26)14-22(27)25(17(3)4)15-19-11-7-6-8-12-19/h6-13,16-17H,14-15H2,1-5H3,(H,24,26). The summed E-state index contributed by atoms with van der Waals surface area (Å²) in [5.74, 6) is -0.137. The lowest BCUT2D eigenvalue weighted by molar-refractivity contribution is -0.136. The minimum atomic E-state index is -0.269. The molecule has 0 unspecified atom stereocenters. The highest BCUT2D eigenvalue weighted by Crippen LogP contribution is 2.27. The van der Waals surface area contributed by atoms with Gasteiger partial charge in [0.25, 0.3) is 0 Å². The van der Waals surface area contributed by atoms with Crippen LogP contribution in [0.5, 0.6) is 0 Å². The lowest BCUT2D eigenvalue weighted by Gasteiger charge is -2.27. The molecular weight excluding hydrogens is 336 g/mol. The third kappa shape index (κ3) is 5.68. The Morgan fingerprint density at radius 3 is 2.22 bits per heavy atom. The average Bonchev–Trinajstić information content (AvgIpc) is 2.61. The average molecular weight is 367 g/mol. The van der Waals surface area contributed by atoms with Crippen LogP contribution in [0.15, 0.2) is 48.5 Å². The van der Waals surface area contributed by atoms with Crippen molar-refractivity contribution in [2.45, 2.75) is 59.5 Å². The molecule has 0 spiro atoms. The van der Waals surface area contributed by atoms with Gasteiger partial charge >= 0.3 is 0 Å². The minimum Gasteiger partial charge on any atom is -0.336 e. The molecule has 0 aliphatic rings. The van der Waals surface area contributed by atoms with Crippen LogP contribution in [0.25, 0.3) is 0 Å². The van der Waals surface area contributed by atoms with Crippen molar-refractivity contribution in [3.63, 3.8) is 0 Å². The second-order valence-corrected chi connectivity index (χ2v) is 7.52. The fourth-order valence-electron chi connectivity index (χ4n) is 3.10. The van der Waals surface area contributed by atoms with Crippen molar-refractivity contribution >= 4 is 17.5 Å². The largest absolute Gasteiger partial charge is 0.336 e. The Hall–Kier alpha value is -2.62. The van der Waals surface area contributed by atoms with Crippen LogP contribution in [0.3, 0.4) is 0 Å². The molecule has 4 heteroatoms. The van der Waals surface area contributed by atoms with Crippen LogP contribution in [0.1, 0.15) is 56.7 Å². The molecule has 0 aliphatic carbocycles. The van der Waals surface area contributed by atoms with Crippen LogP contribution in [0, 0.1) is 6.92 Å². The monoisotopic (exact) mass is 366 g/mol. The number of rotatable bonds is 7. The van der Waals surface area contributed by atoms with Gasteiger partial charge in [-0.25, -0.2) is 0 Å². The Balaban J connectivity index is 2.09. The summed E-state index contributed by atoms with van der Waals surface area (Å²) in [4.78, 5) is 27.1. The molecule has 1 N–H and O–H groups in total. The summed E-state index contributed by atoms with van der Waals surface area (Å²) in [6, 6.07) is 15.8. The smallest absolute Gasteiger partial charge is 0.233 e. The van der Waals surface area contributed by atoms with Crippen molar-refractivity contribution in [2.75, 3.05) is 5.32 Å². The van der Waals surface area contributed by atoms with Crippen molar-refractivity contribution in [3.8, 4) is 0 Å². The van der Waals surface area contributed by atoms with E-state index >= 15 is 0 Å². The number of amides is 2. The predicted molar refractivity (Wildman–Crippen MR) is 111 cm³/mol. The van der Waals surface area contributed by atoms with Gasteiger partial charge in [0.15, 0.2) is 0 Å². The van der Waals surface area contributed by atoms with Gasteiger partial charge in [0.05, 0.1) is 0 Å². The fourth-order valence-corrected chi connectivity index (χ4v) is 3.10. The van der Waals surface area contributed by atoms with Gasteiger partial charge in [-0.2, -0.15) is 0 Å². The summed E-state index contributed by atoms with van der Waals surface area (Å²) < 4.78 is 0. The van der Waals surface area contributed by atoms with E-state index in [2.05, 4.69) is 19.2 Å². The number of aryl methyl sites for hydroxylation is 1. The first-order valence-corrected chi connectivity index (χ1v) is 9.52. The highest BCUT2D eigenvalue weighted by molar-refractivity contribution is 6.04. The van der Waals surface area contributed by atoms with Crippen molar-refractivity contribution < 1.29 is 9.59 Å². The zero-order valence-corrected chi connectivity index (χ0v) is 17.0. The van der Waals surface area contributed by atoms with Crippen molar-refractivity contribution in [2.24, 2.45) is 0 Å². The third-order valence-electron chi connectivity index (χ3n) is 4.64. The molecule has 2 amide bonds. The van der Waals surface area contributed by atoms with Crippen molar-refractivity contribution in [3.05, 3.63) is 65.2 Å². The molecule has 27 heavy (non-hydrogen) atoms. The van der Waals surface area contributed by atoms with Crippen molar-refractivity contribution in [1.82, 2.24) is 4.90 Å². The van der Waals surface area contributed by atoms with Crippen LogP contribution in [-0.4, -0.2) is 22.8 Å². The van der Waals surface area contributed by atoms with E-state index in [1.807, 2.05) is 69.3 Å². The Morgan fingerprint density at radius 1 is 0.963 bits per heavy atom. The quantitative estimate of drug-likeness (QED) is 0.710. The maximum atomic E-state index is 12.8. The summed E-state index contributed by atoms with van der Waals surface area (Å²) in [5.41, 5.74) is 3.97. The highest BCUT2D eigenvalue weighted by Gasteiger charge is 2.21. The second kappa shape index (κ2) is 9.36. The number of benzene rings is 2. The fraction of sp³-hybridized carbons (Fsp3) is 0.391. The van der Waals surface area contributed by atoms with Gasteiger partial charge in [0.1, 0.15) is 6.42 Å². The van der Waals surface area contributed by atoms with Crippen LogP contribution < -0.4 is 5.32 Å². The second-order valence-electron chi connectivity index (χ2n) is 7.52. The molecule has 0 saturated heterocycles. The zero-order chi connectivity index (χ0) is 20.0. The van der Waals surface area contributed by atoms with Gasteiger partial charge in [-0.3, -0.25) is 9.59 Å². The summed E-state index contributed by atoms with van der Waals surface area (Å²) in [7, 11) is 0. The zero-order valence-electron chi connectivity index (χ0n) is 17.0. The molecule has 0 heterocycles. The SMILES string of the molecule is Cc1cccc(C(C)C)c1NC(=O)CC(=O)N(Cc1ccccc1)C(C)C. The summed E-state index contributed by atoms with van der Waals surface area (Å²) >= 11 is 0. The molecule has 0 bridgehead atoms. The van der Waals surface area contributed by atoms with E-state index < -0.39 is 0 Å². The van der Waals surface area contributed by atoms with Gasteiger partial charge < -0.3 is 10.2 Å². The van der Waals surface area contributed by atoms with E-state index in [1.165, 1.54) is 0 Å². The Morgan fingerprint density at radius 2 is 1.63 bits per heavy atom. The predicted octanol–water partition coefficient (Wildman–Crippen LogP) is 4.88. The molecule has 0 radical (unpaired) electrons. The lowest BCUT2D eigenvalue weighted by atomic mass is 9.98. The normalized spacial score (nSPS) is 10.9. The number of para-hydroxylation sites is 1. The maximum Gasteiger partial charge on any atom is 0.233 e. The van der Waals surface area contributed by atoms with Gasteiger partial charge in [-0.1, -0.05) is 62.4 Å². The molecule has 0 aliphatic heterocycles. The molecular formula is C23H30N2O2. The highest BCUT2D eigenvalue weighted by atomic mass is 16.2. The molecule has 2 aromatic rings. The Labute approximate surface area is 162 Å². The first-order valence-electron chi connectivity index (χ1n) is 9.52.